The molecule has 2 rings (SSSR count). The largest absolute Gasteiger partial charge is 0.356 e. The molecule has 0 atom stereocenters. The number of hydrogen-bond acceptors (Lipinski definition) is 2. The molecule has 1 heterocycles. The van der Waals surface area contributed by atoms with Crippen molar-refractivity contribution in [1.82, 2.24) is 20.4 Å². The third kappa shape index (κ3) is 5.47. The van der Waals surface area contributed by atoms with E-state index in [1.807, 2.05) is 18.7 Å². The van der Waals surface area contributed by atoms with Crippen molar-refractivity contribution in [2.45, 2.75) is 26.8 Å². The maximum atomic E-state index is 12.9. The topological polar surface area (TPSA) is 54.2 Å². The number of hydrogen-bond donors (Lipinski definition) is 2. The second kappa shape index (κ2) is 9.61. The molecule has 0 bridgehead atoms. The van der Waals surface area contributed by atoms with Gasteiger partial charge in [0.15, 0.2) is 5.96 Å². The Bertz CT molecular complexity index is 679. The van der Waals surface area contributed by atoms with E-state index >= 15 is 0 Å². The monoisotopic (exact) mass is 445 g/mol. The van der Waals surface area contributed by atoms with Gasteiger partial charge in [-0.05, 0) is 43.5 Å². The number of nitrogens with one attached hydrogen (secondary N) is 2. The van der Waals surface area contributed by atoms with Gasteiger partial charge < -0.3 is 10.6 Å². The lowest BCUT2D eigenvalue weighted by Gasteiger charge is -2.12. The fraction of sp³-hybridized carbons (Fsp3) is 0.412. The zero-order valence-electron chi connectivity index (χ0n) is 14.6. The molecule has 5 nitrogen and oxygen atoms in total. The first-order valence-electron chi connectivity index (χ1n) is 7.69. The summed E-state index contributed by atoms with van der Waals surface area (Å²) >= 11 is 0. The normalized spacial score (nSPS) is 11.1. The lowest BCUT2D eigenvalue weighted by Crippen LogP contribution is -2.37. The maximum absolute atomic E-state index is 12.9. The van der Waals surface area contributed by atoms with Crippen LogP contribution in [0.1, 0.15) is 22.5 Å². The van der Waals surface area contributed by atoms with Crippen LogP contribution in [0, 0.1) is 19.7 Å². The van der Waals surface area contributed by atoms with Crippen LogP contribution in [0.3, 0.4) is 0 Å². The molecule has 0 aliphatic heterocycles. The van der Waals surface area contributed by atoms with Crippen molar-refractivity contribution in [1.29, 1.82) is 0 Å². The van der Waals surface area contributed by atoms with Gasteiger partial charge in [0.1, 0.15) is 5.82 Å². The molecule has 0 radical (unpaired) electrons. The molecule has 0 unspecified atom stereocenters. The van der Waals surface area contributed by atoms with Gasteiger partial charge in [0, 0.05) is 32.9 Å². The summed E-state index contributed by atoms with van der Waals surface area (Å²) in [6.45, 7) is 5.49. The number of benzene rings is 1. The van der Waals surface area contributed by atoms with Crippen LogP contribution >= 0.6 is 24.0 Å². The van der Waals surface area contributed by atoms with Crippen LogP contribution in [-0.4, -0.2) is 29.3 Å². The molecule has 0 aliphatic rings. The number of aryl methyl sites for hydroxylation is 2. The van der Waals surface area contributed by atoms with Gasteiger partial charge in [-0.15, -0.1) is 24.0 Å². The number of rotatable bonds is 5. The first kappa shape index (κ1) is 20.4. The molecular weight excluding hydrogens is 420 g/mol. The Morgan fingerprint density at radius 3 is 2.42 bits per heavy atom. The Kier molecular flexibility index (Phi) is 8.17. The second-order valence-corrected chi connectivity index (χ2v) is 5.50. The van der Waals surface area contributed by atoms with Crippen molar-refractivity contribution in [2.24, 2.45) is 12.0 Å². The van der Waals surface area contributed by atoms with E-state index in [4.69, 9.17) is 0 Å². The Balaban J connectivity index is 0.00000288. The molecule has 0 saturated heterocycles. The minimum absolute atomic E-state index is 0. The van der Waals surface area contributed by atoms with E-state index in [-0.39, 0.29) is 29.8 Å². The standard InChI is InChI=1S/C17H24FN5.HI/c1-12-16(13(2)23(4)22-12)9-10-20-17(19-3)21-11-14-5-7-15(18)8-6-14;/h5-8H,9-11H2,1-4H3,(H2,19,20,21);1H. The molecule has 0 aliphatic carbocycles. The van der Waals surface area contributed by atoms with Crippen LogP contribution in [0.15, 0.2) is 29.3 Å². The van der Waals surface area contributed by atoms with E-state index in [0.29, 0.717) is 6.54 Å². The molecule has 2 aromatic rings. The minimum atomic E-state index is -0.224. The summed E-state index contributed by atoms with van der Waals surface area (Å²) in [6.07, 6.45) is 0.892. The lowest BCUT2D eigenvalue weighted by atomic mass is 10.1. The van der Waals surface area contributed by atoms with Crippen LogP contribution in [0.4, 0.5) is 4.39 Å². The molecular formula is C17H25FIN5. The van der Waals surface area contributed by atoms with E-state index in [0.717, 1.165) is 30.2 Å². The number of halogens is 2. The molecule has 7 heteroatoms. The van der Waals surface area contributed by atoms with Crippen molar-refractivity contribution in [3.05, 3.63) is 52.6 Å². The Hall–Kier alpha value is -1.64. The van der Waals surface area contributed by atoms with Crippen LogP contribution in [0.2, 0.25) is 0 Å². The van der Waals surface area contributed by atoms with Crippen LogP contribution in [0.5, 0.6) is 0 Å². The second-order valence-electron chi connectivity index (χ2n) is 5.50. The predicted molar refractivity (Wildman–Crippen MR) is 106 cm³/mol. The van der Waals surface area contributed by atoms with Crippen molar-refractivity contribution in [3.8, 4) is 0 Å². The van der Waals surface area contributed by atoms with Gasteiger partial charge in [0.25, 0.3) is 0 Å². The Labute approximate surface area is 159 Å². The van der Waals surface area contributed by atoms with Gasteiger partial charge in [-0.25, -0.2) is 4.39 Å². The van der Waals surface area contributed by atoms with Gasteiger partial charge >= 0.3 is 0 Å². The molecule has 1 aromatic carbocycles. The van der Waals surface area contributed by atoms with E-state index in [1.54, 1.807) is 19.2 Å². The van der Waals surface area contributed by atoms with Crippen LogP contribution in [0.25, 0.3) is 0 Å². The summed E-state index contributed by atoms with van der Waals surface area (Å²) in [7, 11) is 3.70. The van der Waals surface area contributed by atoms with Gasteiger partial charge in [0.2, 0.25) is 0 Å². The van der Waals surface area contributed by atoms with Crippen LogP contribution < -0.4 is 10.6 Å². The summed E-state index contributed by atoms with van der Waals surface area (Å²) in [5.41, 5.74) is 4.54. The van der Waals surface area contributed by atoms with Crippen LogP contribution in [-0.2, 0) is 20.0 Å². The van der Waals surface area contributed by atoms with Crippen molar-refractivity contribution >= 4 is 29.9 Å². The van der Waals surface area contributed by atoms with E-state index in [2.05, 4.69) is 27.6 Å². The van der Waals surface area contributed by atoms with Gasteiger partial charge in [-0.2, -0.15) is 5.10 Å². The molecule has 2 N–H and O–H groups in total. The highest BCUT2D eigenvalue weighted by atomic mass is 127. The Morgan fingerprint density at radius 2 is 1.88 bits per heavy atom. The fourth-order valence-electron chi connectivity index (χ4n) is 2.49. The summed E-state index contributed by atoms with van der Waals surface area (Å²) in [5.74, 6) is 0.506. The molecule has 24 heavy (non-hydrogen) atoms. The maximum Gasteiger partial charge on any atom is 0.191 e. The van der Waals surface area contributed by atoms with E-state index in [1.165, 1.54) is 23.4 Å². The molecule has 0 fully saturated rings. The highest BCUT2D eigenvalue weighted by molar-refractivity contribution is 14.0. The highest BCUT2D eigenvalue weighted by Crippen LogP contribution is 2.11. The average molecular weight is 445 g/mol. The third-order valence-electron chi connectivity index (χ3n) is 3.92. The van der Waals surface area contributed by atoms with Crippen molar-refractivity contribution in [2.75, 3.05) is 13.6 Å². The number of aliphatic imine (C=N–C) groups is 1. The number of nitrogens with zero attached hydrogens (tertiary/aromatic N) is 3. The summed E-state index contributed by atoms with van der Waals surface area (Å²) < 4.78 is 14.8. The molecule has 1 aromatic heterocycles. The quantitative estimate of drug-likeness (QED) is 0.423. The van der Waals surface area contributed by atoms with E-state index < -0.39 is 0 Å². The summed E-state index contributed by atoms with van der Waals surface area (Å²) in [4.78, 5) is 4.20. The minimum Gasteiger partial charge on any atom is -0.356 e. The van der Waals surface area contributed by atoms with Crippen molar-refractivity contribution < 1.29 is 4.39 Å². The summed E-state index contributed by atoms with van der Waals surface area (Å²) in [5, 5.41) is 10.9. The predicted octanol–water partition coefficient (Wildman–Crippen LogP) is 2.70. The first-order valence-corrected chi connectivity index (χ1v) is 7.69. The summed E-state index contributed by atoms with van der Waals surface area (Å²) in [6, 6.07) is 6.44. The lowest BCUT2D eigenvalue weighted by molar-refractivity contribution is 0.626. The van der Waals surface area contributed by atoms with E-state index in [9.17, 15) is 4.39 Å². The zero-order valence-corrected chi connectivity index (χ0v) is 16.9. The first-order chi connectivity index (χ1) is 11.0. The average Bonchev–Trinajstić information content (AvgIpc) is 2.78. The third-order valence-corrected chi connectivity index (χ3v) is 3.92. The molecule has 0 spiro atoms. The van der Waals surface area contributed by atoms with Gasteiger partial charge in [0.05, 0.1) is 5.69 Å². The molecule has 132 valence electrons. The Morgan fingerprint density at radius 1 is 1.21 bits per heavy atom. The molecule has 0 saturated carbocycles. The SMILES string of the molecule is CN=C(NCCc1c(C)nn(C)c1C)NCc1ccc(F)cc1.I. The fourth-order valence-corrected chi connectivity index (χ4v) is 2.49. The van der Waals surface area contributed by atoms with Gasteiger partial charge in [-0.1, -0.05) is 12.1 Å². The highest BCUT2D eigenvalue weighted by Gasteiger charge is 2.09. The smallest absolute Gasteiger partial charge is 0.191 e. The number of aromatic nitrogens is 2. The number of guanidine groups is 1. The molecule has 0 amide bonds. The van der Waals surface area contributed by atoms with Gasteiger partial charge in [-0.3, -0.25) is 9.67 Å². The van der Waals surface area contributed by atoms with Crippen molar-refractivity contribution in [3.63, 3.8) is 0 Å². The zero-order chi connectivity index (χ0) is 16.8.